The zero-order valence-electron chi connectivity index (χ0n) is 14.6. The average Bonchev–Trinajstić information content (AvgIpc) is 3.00. The number of nitrogens with zero attached hydrogens (tertiary/aromatic N) is 3. The third kappa shape index (κ3) is 4.03. The fourth-order valence-electron chi connectivity index (χ4n) is 3.46. The van der Waals surface area contributed by atoms with Crippen LogP contribution in [0.4, 0.5) is 5.69 Å². The maximum absolute atomic E-state index is 9.56. The van der Waals surface area contributed by atoms with Crippen LogP contribution < -0.4 is 4.90 Å². The number of aromatic nitrogens is 1. The lowest BCUT2D eigenvalue weighted by atomic mass is 9.81. The molecule has 2 aliphatic heterocycles. The van der Waals surface area contributed by atoms with Crippen molar-refractivity contribution in [2.45, 2.75) is 26.2 Å². The van der Waals surface area contributed by atoms with E-state index >= 15 is 0 Å². The fourth-order valence-corrected chi connectivity index (χ4v) is 3.61. The van der Waals surface area contributed by atoms with Crippen LogP contribution in [0.15, 0.2) is 12.3 Å². The van der Waals surface area contributed by atoms with Crippen molar-refractivity contribution in [2.75, 3.05) is 44.7 Å². The van der Waals surface area contributed by atoms with Gasteiger partial charge in [-0.15, -0.1) is 0 Å². The van der Waals surface area contributed by atoms with E-state index in [0.29, 0.717) is 11.1 Å². The Hall–Kier alpha value is -1.28. The Bertz CT molecular complexity index is 644. The van der Waals surface area contributed by atoms with Gasteiger partial charge in [0, 0.05) is 44.4 Å². The van der Waals surface area contributed by atoms with E-state index in [-0.39, 0.29) is 12.0 Å². The van der Waals surface area contributed by atoms with Gasteiger partial charge in [0.2, 0.25) is 0 Å². The number of hydrogen-bond acceptors (Lipinski definition) is 4. The second-order valence-electron chi connectivity index (χ2n) is 7.50. The molecule has 0 spiro atoms. The molecule has 1 unspecified atom stereocenters. The van der Waals surface area contributed by atoms with Crippen molar-refractivity contribution in [3.63, 3.8) is 0 Å². The molecule has 2 fully saturated rings. The van der Waals surface area contributed by atoms with E-state index in [0.717, 1.165) is 56.7 Å². The van der Waals surface area contributed by atoms with Gasteiger partial charge in [-0.2, -0.15) is 0 Å². The highest BCUT2D eigenvalue weighted by Crippen LogP contribution is 2.34. The number of halogens is 1. The second kappa shape index (κ2) is 7.31. The van der Waals surface area contributed by atoms with Crippen molar-refractivity contribution in [3.05, 3.63) is 23.0 Å². The van der Waals surface area contributed by atoms with Crippen molar-refractivity contribution >= 4 is 17.3 Å². The third-order valence-corrected chi connectivity index (χ3v) is 5.55. The minimum Gasteiger partial charge on any atom is -0.396 e. The second-order valence-corrected chi connectivity index (χ2v) is 7.88. The van der Waals surface area contributed by atoms with Crippen LogP contribution in [-0.2, 0) is 0 Å². The molecular weight excluding hydrogens is 322 g/mol. The van der Waals surface area contributed by atoms with Crippen LogP contribution in [0.1, 0.15) is 31.7 Å². The molecule has 2 saturated heterocycles. The molecule has 24 heavy (non-hydrogen) atoms. The highest BCUT2D eigenvalue weighted by Gasteiger charge is 2.30. The molecule has 3 rings (SSSR count). The maximum atomic E-state index is 9.56. The highest BCUT2D eigenvalue weighted by molar-refractivity contribution is 6.29. The molecule has 4 nitrogen and oxygen atoms in total. The van der Waals surface area contributed by atoms with Crippen LogP contribution in [0.25, 0.3) is 0 Å². The van der Waals surface area contributed by atoms with Gasteiger partial charge in [0.05, 0.1) is 11.3 Å². The zero-order chi connectivity index (χ0) is 17.2. The van der Waals surface area contributed by atoms with Crippen molar-refractivity contribution < 1.29 is 5.11 Å². The van der Waals surface area contributed by atoms with Gasteiger partial charge < -0.3 is 14.9 Å². The molecular formula is C19H26ClN3O. The quantitative estimate of drug-likeness (QED) is 0.659. The number of anilines is 1. The molecule has 0 aromatic carbocycles. The van der Waals surface area contributed by atoms with Gasteiger partial charge in [0.1, 0.15) is 5.15 Å². The first kappa shape index (κ1) is 17.5. The number of rotatable bonds is 2. The van der Waals surface area contributed by atoms with Crippen LogP contribution >= 0.6 is 11.6 Å². The Morgan fingerprint density at radius 1 is 1.38 bits per heavy atom. The molecule has 1 N–H and O–H groups in total. The monoisotopic (exact) mass is 347 g/mol. The third-order valence-electron chi connectivity index (χ3n) is 5.34. The van der Waals surface area contributed by atoms with Crippen LogP contribution in [-0.4, -0.2) is 54.8 Å². The van der Waals surface area contributed by atoms with E-state index in [1.54, 1.807) is 6.20 Å². The molecule has 0 amide bonds. The number of likely N-dealkylation sites (tertiary alicyclic amines) is 1. The average molecular weight is 348 g/mol. The van der Waals surface area contributed by atoms with E-state index in [4.69, 9.17) is 11.6 Å². The van der Waals surface area contributed by atoms with E-state index in [1.165, 1.54) is 0 Å². The van der Waals surface area contributed by atoms with Gasteiger partial charge in [0.15, 0.2) is 0 Å². The normalized spacial score (nSPS) is 23.8. The molecule has 1 aromatic rings. The lowest BCUT2D eigenvalue weighted by molar-refractivity contribution is 0.115. The van der Waals surface area contributed by atoms with Gasteiger partial charge in [-0.25, -0.2) is 4.98 Å². The molecule has 0 saturated carbocycles. The minimum atomic E-state index is 0.0353. The Balaban J connectivity index is 1.78. The van der Waals surface area contributed by atoms with Gasteiger partial charge in [0.25, 0.3) is 0 Å². The lowest BCUT2D eigenvalue weighted by Gasteiger charge is -2.39. The van der Waals surface area contributed by atoms with Gasteiger partial charge >= 0.3 is 0 Å². The van der Waals surface area contributed by atoms with E-state index in [2.05, 4.69) is 40.6 Å². The van der Waals surface area contributed by atoms with Crippen molar-refractivity contribution in [1.29, 1.82) is 0 Å². The molecule has 0 bridgehead atoms. The number of pyridine rings is 1. The summed E-state index contributed by atoms with van der Waals surface area (Å²) in [6.45, 7) is 6.40. The predicted octanol–water partition coefficient (Wildman–Crippen LogP) is 2.64. The minimum absolute atomic E-state index is 0.0353. The van der Waals surface area contributed by atoms with Crippen molar-refractivity contribution in [3.8, 4) is 11.8 Å². The highest BCUT2D eigenvalue weighted by atomic mass is 35.5. The van der Waals surface area contributed by atoms with E-state index in [1.807, 2.05) is 6.07 Å². The van der Waals surface area contributed by atoms with Crippen LogP contribution in [0.5, 0.6) is 0 Å². The Kier molecular flexibility index (Phi) is 5.34. The molecule has 3 heterocycles. The van der Waals surface area contributed by atoms with E-state index < -0.39 is 0 Å². The standard InChI is InChI=1S/C19H26ClN3O/c1-19(14-24)6-9-23(10-7-19)17-11-18(20)21-12-16(17)4-3-15-5-8-22(2)13-15/h11-12,15,24H,5-10,13-14H2,1-2H3. The molecule has 1 aromatic heterocycles. The van der Waals surface area contributed by atoms with Crippen molar-refractivity contribution in [1.82, 2.24) is 9.88 Å². The fraction of sp³-hybridized carbons (Fsp3) is 0.632. The van der Waals surface area contributed by atoms with Gasteiger partial charge in [-0.3, -0.25) is 0 Å². The smallest absolute Gasteiger partial charge is 0.131 e. The summed E-state index contributed by atoms with van der Waals surface area (Å²) in [5.74, 6) is 7.20. The Morgan fingerprint density at radius 2 is 2.12 bits per heavy atom. The summed E-state index contributed by atoms with van der Waals surface area (Å²) >= 11 is 6.13. The molecule has 5 heteroatoms. The lowest BCUT2D eigenvalue weighted by Crippen LogP contribution is -2.40. The first-order valence-electron chi connectivity index (χ1n) is 8.70. The Labute approximate surface area is 149 Å². The van der Waals surface area contributed by atoms with Gasteiger partial charge in [-0.05, 0) is 38.3 Å². The zero-order valence-corrected chi connectivity index (χ0v) is 15.3. The topological polar surface area (TPSA) is 39.6 Å². The largest absolute Gasteiger partial charge is 0.396 e. The molecule has 1 atom stereocenters. The maximum Gasteiger partial charge on any atom is 0.131 e. The summed E-state index contributed by atoms with van der Waals surface area (Å²) in [6.07, 6.45) is 4.88. The summed E-state index contributed by atoms with van der Waals surface area (Å²) in [5, 5.41) is 10.1. The number of piperidine rings is 1. The number of hydrogen-bond donors (Lipinski definition) is 1. The Morgan fingerprint density at radius 3 is 2.75 bits per heavy atom. The first-order valence-corrected chi connectivity index (χ1v) is 9.08. The van der Waals surface area contributed by atoms with Gasteiger partial charge in [-0.1, -0.05) is 30.4 Å². The van der Waals surface area contributed by atoms with Crippen LogP contribution in [0.2, 0.25) is 5.15 Å². The molecule has 2 aliphatic rings. The predicted molar refractivity (Wildman–Crippen MR) is 98.4 cm³/mol. The van der Waals surface area contributed by atoms with Crippen LogP contribution in [0, 0.1) is 23.2 Å². The summed E-state index contributed by atoms with van der Waals surface area (Å²) in [5.41, 5.74) is 2.07. The summed E-state index contributed by atoms with van der Waals surface area (Å²) < 4.78 is 0. The summed E-state index contributed by atoms with van der Waals surface area (Å²) in [7, 11) is 2.14. The first-order chi connectivity index (χ1) is 11.5. The summed E-state index contributed by atoms with van der Waals surface area (Å²) in [6, 6.07) is 1.92. The van der Waals surface area contributed by atoms with Crippen molar-refractivity contribution in [2.24, 2.45) is 11.3 Å². The summed E-state index contributed by atoms with van der Waals surface area (Å²) in [4.78, 5) is 8.87. The molecule has 0 radical (unpaired) electrons. The SMILES string of the molecule is CN1CCC(C#Cc2cnc(Cl)cc2N2CCC(C)(CO)CC2)C1. The van der Waals surface area contributed by atoms with E-state index in [9.17, 15) is 5.11 Å². The van der Waals surface area contributed by atoms with Crippen LogP contribution in [0.3, 0.4) is 0 Å². The number of aliphatic hydroxyl groups excluding tert-OH is 1. The molecule has 130 valence electrons. The number of aliphatic hydroxyl groups is 1. The molecule has 0 aliphatic carbocycles.